The summed E-state index contributed by atoms with van der Waals surface area (Å²) in [5, 5.41) is 2.06. The van der Waals surface area contributed by atoms with Gasteiger partial charge in [0.2, 0.25) is 0 Å². The first-order valence-corrected chi connectivity index (χ1v) is 6.50. The smallest absolute Gasteiger partial charge is 0.123 e. The Kier molecular flexibility index (Phi) is 3.60. The lowest BCUT2D eigenvalue weighted by Crippen LogP contribution is -2.13. The highest BCUT2D eigenvalue weighted by Gasteiger charge is 2.12. The number of nitrogens with two attached hydrogens (primary N) is 1. The molecule has 0 aliphatic heterocycles. The molecule has 0 aliphatic carbocycles. The van der Waals surface area contributed by atoms with Crippen molar-refractivity contribution in [3.8, 4) is 0 Å². The third kappa shape index (κ3) is 2.73. The molecule has 0 amide bonds. The fourth-order valence-corrected chi connectivity index (χ4v) is 2.91. The highest BCUT2D eigenvalue weighted by Crippen LogP contribution is 2.26. The minimum absolute atomic E-state index is 0.000777. The van der Waals surface area contributed by atoms with Crippen LogP contribution in [-0.4, -0.2) is 0 Å². The maximum absolute atomic E-state index is 13.0. The maximum atomic E-state index is 13.0. The number of hydrogen-bond acceptors (Lipinski definition) is 2. The Balaban J connectivity index is 2.19. The molecule has 1 unspecified atom stereocenters. The quantitative estimate of drug-likeness (QED) is 0.881. The van der Waals surface area contributed by atoms with Crippen molar-refractivity contribution in [3.63, 3.8) is 0 Å². The molecule has 2 N–H and O–H groups in total. The van der Waals surface area contributed by atoms with Crippen LogP contribution in [0.1, 0.15) is 27.6 Å². The Hall–Kier alpha value is -1.19. The van der Waals surface area contributed by atoms with Crippen LogP contribution in [-0.2, 0) is 6.42 Å². The second kappa shape index (κ2) is 4.98. The van der Waals surface area contributed by atoms with Crippen LogP contribution >= 0.6 is 11.3 Å². The molecule has 0 aliphatic rings. The van der Waals surface area contributed by atoms with Gasteiger partial charge in [0, 0.05) is 10.9 Å². The molecular weight excluding hydrogens is 233 g/mol. The molecule has 0 fully saturated rings. The van der Waals surface area contributed by atoms with E-state index < -0.39 is 0 Å². The molecule has 2 aromatic rings. The van der Waals surface area contributed by atoms with Gasteiger partial charge in [-0.3, -0.25) is 0 Å². The topological polar surface area (TPSA) is 26.0 Å². The highest BCUT2D eigenvalue weighted by atomic mass is 32.1. The van der Waals surface area contributed by atoms with Crippen molar-refractivity contribution in [2.24, 2.45) is 5.73 Å². The van der Waals surface area contributed by atoms with Gasteiger partial charge in [-0.25, -0.2) is 4.39 Å². The maximum Gasteiger partial charge on any atom is 0.123 e. The Morgan fingerprint density at radius 1 is 1.24 bits per heavy atom. The van der Waals surface area contributed by atoms with Gasteiger partial charge >= 0.3 is 0 Å². The van der Waals surface area contributed by atoms with Gasteiger partial charge in [-0.2, -0.15) is 0 Å². The molecule has 1 aromatic heterocycles. The molecule has 1 aromatic carbocycles. The first-order valence-electron chi connectivity index (χ1n) is 5.62. The first kappa shape index (κ1) is 12.3. The molecule has 17 heavy (non-hydrogen) atoms. The number of rotatable bonds is 3. The summed E-state index contributed by atoms with van der Waals surface area (Å²) in [4.78, 5) is 1.22. The van der Waals surface area contributed by atoms with E-state index in [1.54, 1.807) is 17.4 Å². The summed E-state index contributed by atoms with van der Waals surface area (Å²) in [5.74, 6) is -0.188. The van der Waals surface area contributed by atoms with Crippen molar-refractivity contribution in [3.05, 3.63) is 57.0 Å². The molecule has 1 atom stereocenters. The number of halogens is 1. The number of hydrogen-bond donors (Lipinski definition) is 1. The number of aryl methyl sites for hydroxylation is 2. The average Bonchev–Trinajstić information content (AvgIpc) is 2.68. The van der Waals surface area contributed by atoms with Crippen molar-refractivity contribution in [2.75, 3.05) is 0 Å². The van der Waals surface area contributed by atoms with Crippen molar-refractivity contribution in [2.45, 2.75) is 26.3 Å². The van der Waals surface area contributed by atoms with Crippen LogP contribution in [0.4, 0.5) is 4.39 Å². The molecule has 3 heteroatoms. The predicted molar refractivity (Wildman–Crippen MR) is 70.8 cm³/mol. The van der Waals surface area contributed by atoms with E-state index in [9.17, 15) is 4.39 Å². The molecule has 0 spiro atoms. The van der Waals surface area contributed by atoms with Gasteiger partial charge in [-0.15, -0.1) is 11.3 Å². The molecule has 90 valence electrons. The lowest BCUT2D eigenvalue weighted by atomic mass is 9.99. The highest BCUT2D eigenvalue weighted by molar-refractivity contribution is 7.10. The molecule has 1 nitrogen and oxygen atoms in total. The van der Waals surface area contributed by atoms with Crippen LogP contribution in [0.5, 0.6) is 0 Å². The third-order valence-corrected chi connectivity index (χ3v) is 4.13. The van der Waals surface area contributed by atoms with Crippen molar-refractivity contribution < 1.29 is 4.39 Å². The standard InChI is InChI=1S/C14H16FNS/c1-9-5-6-17-14(9)13(16)8-11-3-4-12(15)7-10(11)2/h3-7,13H,8,16H2,1-2H3. The first-order chi connectivity index (χ1) is 8.08. The molecule has 0 saturated carbocycles. The van der Waals surface area contributed by atoms with Crippen molar-refractivity contribution >= 4 is 11.3 Å². The Morgan fingerprint density at radius 2 is 2.00 bits per heavy atom. The van der Waals surface area contributed by atoms with Crippen LogP contribution in [0, 0.1) is 19.7 Å². The van der Waals surface area contributed by atoms with Gasteiger partial charge in [-0.1, -0.05) is 6.07 Å². The van der Waals surface area contributed by atoms with Gasteiger partial charge in [-0.05, 0) is 60.5 Å². The molecule has 1 heterocycles. The minimum atomic E-state index is -0.188. The minimum Gasteiger partial charge on any atom is -0.323 e. The van der Waals surface area contributed by atoms with E-state index in [1.165, 1.54) is 16.5 Å². The van der Waals surface area contributed by atoms with Crippen LogP contribution < -0.4 is 5.73 Å². The largest absolute Gasteiger partial charge is 0.323 e. The Bertz CT molecular complexity index is 519. The Morgan fingerprint density at radius 3 is 2.59 bits per heavy atom. The average molecular weight is 249 g/mol. The van der Waals surface area contributed by atoms with E-state index in [4.69, 9.17) is 5.73 Å². The summed E-state index contributed by atoms with van der Waals surface area (Å²) in [6, 6.07) is 6.96. The second-order valence-electron chi connectivity index (χ2n) is 4.35. The van der Waals surface area contributed by atoms with Crippen LogP contribution in [0.25, 0.3) is 0 Å². The summed E-state index contributed by atoms with van der Waals surface area (Å²) in [6.45, 7) is 4.00. The third-order valence-electron chi connectivity index (χ3n) is 2.98. The summed E-state index contributed by atoms with van der Waals surface area (Å²) in [6.07, 6.45) is 0.757. The van der Waals surface area contributed by atoms with E-state index in [1.807, 2.05) is 13.0 Å². The molecule has 0 bridgehead atoms. The number of benzene rings is 1. The lowest BCUT2D eigenvalue weighted by molar-refractivity contribution is 0.624. The fourth-order valence-electron chi connectivity index (χ4n) is 1.98. The zero-order valence-corrected chi connectivity index (χ0v) is 10.9. The summed E-state index contributed by atoms with van der Waals surface area (Å²) in [5.41, 5.74) is 9.52. The summed E-state index contributed by atoms with van der Waals surface area (Å²) in [7, 11) is 0. The van der Waals surface area contributed by atoms with Crippen molar-refractivity contribution in [1.82, 2.24) is 0 Å². The molecule has 2 rings (SSSR count). The van der Waals surface area contributed by atoms with Gasteiger partial charge in [0.1, 0.15) is 5.82 Å². The number of thiophene rings is 1. The van der Waals surface area contributed by atoms with E-state index in [-0.39, 0.29) is 11.9 Å². The normalized spacial score (nSPS) is 12.7. The molecular formula is C14H16FNS. The van der Waals surface area contributed by atoms with Gasteiger partial charge in [0.05, 0.1) is 0 Å². The van der Waals surface area contributed by atoms with E-state index in [2.05, 4.69) is 18.4 Å². The zero-order valence-electron chi connectivity index (χ0n) is 10.0. The van der Waals surface area contributed by atoms with Gasteiger partial charge < -0.3 is 5.73 Å². The van der Waals surface area contributed by atoms with E-state index in [0.717, 1.165) is 17.5 Å². The summed E-state index contributed by atoms with van der Waals surface area (Å²) >= 11 is 1.69. The zero-order chi connectivity index (χ0) is 12.4. The second-order valence-corrected chi connectivity index (χ2v) is 5.30. The van der Waals surface area contributed by atoms with Gasteiger partial charge in [0.25, 0.3) is 0 Å². The van der Waals surface area contributed by atoms with Crippen molar-refractivity contribution in [1.29, 1.82) is 0 Å². The van der Waals surface area contributed by atoms with E-state index >= 15 is 0 Å². The van der Waals surface area contributed by atoms with Crippen LogP contribution in [0.15, 0.2) is 29.6 Å². The summed E-state index contributed by atoms with van der Waals surface area (Å²) < 4.78 is 13.0. The lowest BCUT2D eigenvalue weighted by Gasteiger charge is -2.13. The predicted octanol–water partition coefficient (Wildman–Crippen LogP) is 3.75. The monoisotopic (exact) mass is 249 g/mol. The SMILES string of the molecule is Cc1cc(F)ccc1CC(N)c1sccc1C. The molecule has 0 radical (unpaired) electrons. The van der Waals surface area contributed by atoms with E-state index in [0.29, 0.717) is 0 Å². The Labute approximate surface area is 105 Å². The fraction of sp³-hybridized carbons (Fsp3) is 0.286. The van der Waals surface area contributed by atoms with Crippen LogP contribution in [0.3, 0.4) is 0 Å². The van der Waals surface area contributed by atoms with Gasteiger partial charge in [0.15, 0.2) is 0 Å². The van der Waals surface area contributed by atoms with Crippen LogP contribution in [0.2, 0.25) is 0 Å². The molecule has 0 saturated heterocycles.